The van der Waals surface area contributed by atoms with E-state index in [-0.39, 0.29) is 0 Å². The van der Waals surface area contributed by atoms with Gasteiger partial charge in [-0.15, -0.1) is 0 Å². The van der Waals surface area contributed by atoms with Crippen molar-refractivity contribution in [2.24, 2.45) is 4.99 Å². The number of nitriles is 1. The Bertz CT molecular complexity index is 1170. The maximum atomic E-state index is 9.88. The molecule has 4 rings (SSSR count). The Labute approximate surface area is 171 Å². The summed E-state index contributed by atoms with van der Waals surface area (Å²) in [6, 6.07) is 29.6. The Morgan fingerprint density at radius 2 is 1.43 bits per heavy atom. The van der Waals surface area contributed by atoms with Crippen molar-refractivity contribution in [2.45, 2.75) is 0 Å². The van der Waals surface area contributed by atoms with E-state index in [1.54, 1.807) is 6.21 Å². The number of benzene rings is 3. The molecule has 0 amide bonds. The van der Waals surface area contributed by atoms with Crippen molar-refractivity contribution in [1.82, 2.24) is 0 Å². The van der Waals surface area contributed by atoms with Gasteiger partial charge in [0.15, 0.2) is 0 Å². The average Bonchev–Trinajstić information content (AvgIpc) is 3.13. The summed E-state index contributed by atoms with van der Waals surface area (Å²) in [6.45, 7) is 0. The molecule has 0 aliphatic carbocycles. The minimum absolute atomic E-state index is 0.302. The fourth-order valence-electron chi connectivity index (χ4n) is 2.99. The third-order valence-electron chi connectivity index (χ3n) is 4.33. The zero-order chi connectivity index (χ0) is 19.3. The predicted octanol–water partition coefficient (Wildman–Crippen LogP) is 7.00. The third kappa shape index (κ3) is 3.53. The van der Waals surface area contributed by atoms with Gasteiger partial charge in [0.25, 0.3) is 0 Å². The Morgan fingerprint density at radius 3 is 2.07 bits per heavy atom. The fourth-order valence-corrected chi connectivity index (χ4v) is 3.38. The lowest BCUT2D eigenvalue weighted by Gasteiger charge is -2.03. The molecule has 0 saturated carbocycles. The summed E-state index contributed by atoms with van der Waals surface area (Å²) in [6.07, 6.45) is 1.70. The summed E-state index contributed by atoms with van der Waals surface area (Å²) in [5.41, 5.74) is 3.91. The van der Waals surface area contributed by atoms with Crippen molar-refractivity contribution in [3.63, 3.8) is 0 Å². The molecule has 0 aliphatic rings. The van der Waals surface area contributed by atoms with Crippen LogP contribution in [-0.4, -0.2) is 6.21 Å². The number of hydrogen-bond donors (Lipinski definition) is 0. The van der Waals surface area contributed by atoms with Crippen molar-refractivity contribution in [3.8, 4) is 28.5 Å². The van der Waals surface area contributed by atoms with E-state index in [9.17, 15) is 5.26 Å². The maximum Gasteiger partial charge on any atom is 0.238 e. The number of aliphatic imine (C=N–C) groups is 1. The van der Waals surface area contributed by atoms with E-state index in [2.05, 4.69) is 27.0 Å². The van der Waals surface area contributed by atoms with E-state index in [4.69, 9.17) is 4.42 Å². The molecule has 4 heteroatoms. The van der Waals surface area contributed by atoms with Gasteiger partial charge in [-0.2, -0.15) is 5.26 Å². The number of nitrogens with zero attached hydrogens (tertiary/aromatic N) is 2. The Morgan fingerprint density at radius 1 is 0.821 bits per heavy atom. The van der Waals surface area contributed by atoms with Gasteiger partial charge in [-0.25, -0.2) is 4.99 Å². The third-order valence-corrected chi connectivity index (χ3v) is 5.05. The average molecular weight is 427 g/mol. The number of rotatable bonds is 4. The van der Waals surface area contributed by atoms with Crippen LogP contribution < -0.4 is 0 Å². The standard InChI is InChI=1S/C24H15BrN2O/c25-21-14-8-7-13-19(21)16-27-24-20(15-26)22(17-9-3-1-4-10-17)23(28-24)18-11-5-2-6-12-18/h1-14,16H/b27-16+. The molecule has 0 N–H and O–H groups in total. The molecular weight excluding hydrogens is 412 g/mol. The minimum atomic E-state index is 0.302. The van der Waals surface area contributed by atoms with Crippen molar-refractivity contribution in [1.29, 1.82) is 5.26 Å². The first-order valence-electron chi connectivity index (χ1n) is 8.74. The molecule has 1 aromatic heterocycles. The lowest BCUT2D eigenvalue weighted by molar-refractivity contribution is 0.593. The van der Waals surface area contributed by atoms with E-state index < -0.39 is 0 Å². The molecule has 134 valence electrons. The quantitative estimate of drug-likeness (QED) is 0.329. The largest absolute Gasteiger partial charge is 0.436 e. The van der Waals surface area contributed by atoms with Gasteiger partial charge in [0.1, 0.15) is 17.4 Å². The van der Waals surface area contributed by atoms with Crippen LogP contribution in [0.3, 0.4) is 0 Å². The molecule has 1 heterocycles. The van der Waals surface area contributed by atoms with Crippen LogP contribution in [0.4, 0.5) is 5.88 Å². The zero-order valence-corrected chi connectivity index (χ0v) is 16.4. The van der Waals surface area contributed by atoms with Gasteiger partial charge in [0.05, 0.1) is 0 Å². The van der Waals surface area contributed by atoms with E-state index in [0.29, 0.717) is 17.2 Å². The molecule has 0 fully saturated rings. The summed E-state index contributed by atoms with van der Waals surface area (Å²) in [5, 5.41) is 9.88. The van der Waals surface area contributed by atoms with Crippen LogP contribution in [-0.2, 0) is 0 Å². The molecule has 4 aromatic rings. The van der Waals surface area contributed by atoms with Crippen LogP contribution in [0.1, 0.15) is 11.1 Å². The highest BCUT2D eigenvalue weighted by atomic mass is 79.9. The summed E-state index contributed by atoms with van der Waals surface area (Å²) in [7, 11) is 0. The lowest BCUT2D eigenvalue weighted by Crippen LogP contribution is -1.84. The van der Waals surface area contributed by atoms with Crippen LogP contribution >= 0.6 is 15.9 Å². The van der Waals surface area contributed by atoms with Crippen LogP contribution in [0.15, 0.2) is 98.8 Å². The van der Waals surface area contributed by atoms with E-state index in [1.165, 1.54) is 0 Å². The maximum absolute atomic E-state index is 9.88. The van der Waals surface area contributed by atoms with Gasteiger partial charge >= 0.3 is 0 Å². The topological polar surface area (TPSA) is 49.3 Å². The fraction of sp³-hybridized carbons (Fsp3) is 0. The van der Waals surface area contributed by atoms with Crippen LogP contribution in [0.2, 0.25) is 0 Å². The lowest BCUT2D eigenvalue weighted by atomic mass is 9.98. The van der Waals surface area contributed by atoms with Crippen molar-refractivity contribution < 1.29 is 4.42 Å². The molecule has 0 unspecified atom stereocenters. The Balaban J connectivity index is 1.90. The number of halogens is 1. The van der Waals surface area contributed by atoms with Crippen molar-refractivity contribution in [2.75, 3.05) is 0 Å². The van der Waals surface area contributed by atoms with Gasteiger partial charge < -0.3 is 4.42 Å². The van der Waals surface area contributed by atoms with Crippen molar-refractivity contribution in [3.05, 3.63) is 101 Å². The highest BCUT2D eigenvalue weighted by Gasteiger charge is 2.22. The van der Waals surface area contributed by atoms with E-state index >= 15 is 0 Å². The Kier molecular flexibility index (Phi) is 5.18. The first-order chi connectivity index (χ1) is 13.8. The second kappa shape index (κ2) is 8.08. The van der Waals surface area contributed by atoms with E-state index in [0.717, 1.165) is 26.7 Å². The summed E-state index contributed by atoms with van der Waals surface area (Å²) < 4.78 is 7.03. The van der Waals surface area contributed by atoms with Crippen LogP contribution in [0, 0.1) is 11.3 Å². The molecule has 0 saturated heterocycles. The molecular formula is C24H15BrN2O. The van der Waals surface area contributed by atoms with Crippen molar-refractivity contribution >= 4 is 28.0 Å². The molecule has 28 heavy (non-hydrogen) atoms. The van der Waals surface area contributed by atoms with Gasteiger partial charge in [-0.1, -0.05) is 94.8 Å². The van der Waals surface area contributed by atoms with Gasteiger partial charge in [-0.3, -0.25) is 0 Å². The van der Waals surface area contributed by atoms with Gasteiger partial charge in [-0.05, 0) is 11.6 Å². The molecule has 0 spiro atoms. The van der Waals surface area contributed by atoms with Gasteiger partial charge in [0.2, 0.25) is 5.88 Å². The molecule has 0 aliphatic heterocycles. The highest BCUT2D eigenvalue weighted by Crippen LogP contribution is 2.42. The second-order valence-corrected chi connectivity index (χ2v) is 6.96. The Hall–Kier alpha value is -3.42. The van der Waals surface area contributed by atoms with Crippen LogP contribution in [0.5, 0.6) is 0 Å². The number of hydrogen-bond acceptors (Lipinski definition) is 3. The summed E-state index contributed by atoms with van der Waals surface area (Å²) >= 11 is 3.51. The smallest absolute Gasteiger partial charge is 0.238 e. The predicted molar refractivity (Wildman–Crippen MR) is 116 cm³/mol. The number of furan rings is 1. The normalized spacial score (nSPS) is 10.9. The van der Waals surface area contributed by atoms with Gasteiger partial charge in [0, 0.05) is 27.4 Å². The molecule has 0 radical (unpaired) electrons. The van der Waals surface area contributed by atoms with E-state index in [1.807, 2.05) is 84.9 Å². The minimum Gasteiger partial charge on any atom is -0.436 e. The molecule has 3 nitrogen and oxygen atoms in total. The van der Waals surface area contributed by atoms with Crippen LogP contribution in [0.25, 0.3) is 22.5 Å². The summed E-state index contributed by atoms with van der Waals surface area (Å²) in [5.74, 6) is 0.943. The first kappa shape index (κ1) is 18.0. The summed E-state index contributed by atoms with van der Waals surface area (Å²) in [4.78, 5) is 4.50. The second-order valence-electron chi connectivity index (χ2n) is 6.11. The molecule has 0 atom stereocenters. The zero-order valence-electron chi connectivity index (χ0n) is 14.8. The molecule has 0 bridgehead atoms. The monoisotopic (exact) mass is 426 g/mol. The molecule has 3 aromatic carbocycles. The highest BCUT2D eigenvalue weighted by molar-refractivity contribution is 9.10. The SMILES string of the molecule is N#Cc1c(/N=C/c2ccccc2Br)oc(-c2ccccc2)c1-c1ccccc1. The first-order valence-corrected chi connectivity index (χ1v) is 9.53.